The fourth-order valence-electron chi connectivity index (χ4n) is 4.17. The van der Waals surface area contributed by atoms with Gasteiger partial charge in [0.05, 0.1) is 6.61 Å². The highest BCUT2D eigenvalue weighted by molar-refractivity contribution is 7.88. The number of carbonyl (C=O) groups is 2. The molecule has 5 heteroatoms. The Hall–Kier alpha value is -2.19. The van der Waals surface area contributed by atoms with Gasteiger partial charge in [0.1, 0.15) is 5.66 Å². The fraction of sp³-hybridized carbons (Fsp3) is 0.481. The van der Waals surface area contributed by atoms with Gasteiger partial charge in [0.15, 0.2) is 7.14 Å². The van der Waals surface area contributed by atoms with E-state index in [2.05, 4.69) is 6.92 Å². The van der Waals surface area contributed by atoms with Crippen LogP contribution in [-0.2, 0) is 14.1 Å². The molecule has 2 atom stereocenters. The molecule has 2 aromatic carbocycles. The van der Waals surface area contributed by atoms with Crippen LogP contribution in [0.4, 0.5) is 0 Å². The molecule has 174 valence electrons. The molecule has 2 unspecified atom stereocenters. The first-order valence-electron chi connectivity index (χ1n) is 11.7. The Morgan fingerprint density at radius 2 is 1.47 bits per heavy atom. The third-order valence-electron chi connectivity index (χ3n) is 5.96. The van der Waals surface area contributed by atoms with Crippen LogP contribution in [0.1, 0.15) is 79.4 Å². The van der Waals surface area contributed by atoms with Crippen LogP contribution in [-0.4, -0.2) is 23.8 Å². The smallest absolute Gasteiger partial charge is 0.316 e. The lowest BCUT2D eigenvalue weighted by atomic mass is 10.0. The van der Waals surface area contributed by atoms with Gasteiger partial charge in [-0.05, 0) is 45.2 Å². The molecule has 0 saturated heterocycles. The number of hydrogen-bond donors (Lipinski definition) is 0. The summed E-state index contributed by atoms with van der Waals surface area (Å²) in [5, 5.41) is 0.397. The van der Waals surface area contributed by atoms with Crippen molar-refractivity contribution >= 4 is 23.9 Å². The van der Waals surface area contributed by atoms with E-state index in [-0.39, 0.29) is 0 Å². The second-order valence-electron chi connectivity index (χ2n) is 8.68. The molecule has 0 radical (unpaired) electrons. The summed E-state index contributed by atoms with van der Waals surface area (Å²) in [5.41, 5.74) is 1.52. The van der Waals surface area contributed by atoms with Crippen molar-refractivity contribution in [3.05, 3.63) is 64.7 Å². The van der Waals surface area contributed by atoms with Crippen molar-refractivity contribution in [1.82, 2.24) is 0 Å². The maximum absolute atomic E-state index is 14.4. The lowest BCUT2D eigenvalue weighted by molar-refractivity contribution is -0.142. The molecule has 2 aromatic rings. The number of hydrogen-bond acceptors (Lipinski definition) is 4. The van der Waals surface area contributed by atoms with Crippen molar-refractivity contribution in [2.75, 3.05) is 6.61 Å². The van der Waals surface area contributed by atoms with Crippen LogP contribution in [0, 0.1) is 20.8 Å². The number of carbonyl (C=O) groups excluding carboxylic acids is 2. The Morgan fingerprint density at radius 3 is 2.06 bits per heavy atom. The second-order valence-corrected chi connectivity index (χ2v) is 11.7. The molecule has 0 aliphatic rings. The number of esters is 1. The van der Waals surface area contributed by atoms with Gasteiger partial charge in [-0.1, -0.05) is 87.1 Å². The van der Waals surface area contributed by atoms with E-state index in [4.69, 9.17) is 4.74 Å². The first-order valence-corrected chi connectivity index (χ1v) is 13.5. The van der Waals surface area contributed by atoms with Crippen molar-refractivity contribution in [3.63, 3.8) is 0 Å². The predicted molar refractivity (Wildman–Crippen MR) is 132 cm³/mol. The number of aryl methyl sites for hydroxylation is 3. The van der Waals surface area contributed by atoms with Crippen molar-refractivity contribution in [1.29, 1.82) is 0 Å². The zero-order valence-corrected chi connectivity index (χ0v) is 21.0. The van der Waals surface area contributed by atoms with Crippen LogP contribution in [0.5, 0.6) is 0 Å². The topological polar surface area (TPSA) is 60.4 Å². The van der Waals surface area contributed by atoms with Gasteiger partial charge in [0, 0.05) is 10.9 Å². The number of unbranched alkanes of at least 4 members (excludes halogenated alkanes) is 5. The van der Waals surface area contributed by atoms with Gasteiger partial charge in [-0.3, -0.25) is 9.59 Å². The molecule has 0 saturated carbocycles. The van der Waals surface area contributed by atoms with Gasteiger partial charge >= 0.3 is 5.97 Å². The minimum atomic E-state index is -3.78. The first kappa shape index (κ1) is 26.1. The first-order chi connectivity index (χ1) is 15.2. The van der Waals surface area contributed by atoms with Gasteiger partial charge in [-0.25, -0.2) is 0 Å². The molecule has 0 aromatic heterocycles. The molecule has 0 aliphatic heterocycles. The van der Waals surface area contributed by atoms with Gasteiger partial charge in [0.25, 0.3) is 0 Å². The Kier molecular flexibility index (Phi) is 9.90. The standard InChI is InChI=1S/C27H37O4P/c1-6-7-8-9-10-14-17-31-26(28)23(5)32(30,24-15-12-11-13-16-24)27(29)25-21(3)18-20(2)19-22(25)4/h11-13,15-16,18-19,23H,6-10,14,17H2,1-5H3. The SMILES string of the molecule is CCCCCCCCOC(=O)C(C)P(=O)(C(=O)c1c(C)cc(C)cc1C)c1ccccc1. The molecular weight excluding hydrogens is 419 g/mol. The van der Waals surface area contributed by atoms with E-state index in [0.29, 0.717) is 17.5 Å². The highest BCUT2D eigenvalue weighted by Crippen LogP contribution is 2.53. The van der Waals surface area contributed by atoms with Crippen LogP contribution in [0.2, 0.25) is 0 Å². The average molecular weight is 457 g/mol. The highest BCUT2D eigenvalue weighted by Gasteiger charge is 2.45. The number of rotatable bonds is 12. The van der Waals surface area contributed by atoms with Crippen LogP contribution in [0.25, 0.3) is 0 Å². The number of ether oxygens (including phenoxy) is 1. The molecular formula is C27H37O4P. The van der Waals surface area contributed by atoms with E-state index < -0.39 is 24.3 Å². The van der Waals surface area contributed by atoms with Crippen LogP contribution < -0.4 is 5.30 Å². The van der Waals surface area contributed by atoms with E-state index in [1.54, 1.807) is 31.2 Å². The molecule has 32 heavy (non-hydrogen) atoms. The summed E-state index contributed by atoms with van der Waals surface area (Å²) in [4.78, 5) is 26.7. The van der Waals surface area contributed by atoms with Gasteiger partial charge in [-0.2, -0.15) is 0 Å². The van der Waals surface area contributed by atoms with Gasteiger partial charge in [0.2, 0.25) is 5.52 Å². The third-order valence-corrected chi connectivity index (χ3v) is 9.16. The Balaban J connectivity index is 2.27. The zero-order chi connectivity index (χ0) is 23.7. The molecule has 0 amide bonds. The predicted octanol–water partition coefficient (Wildman–Crippen LogP) is 6.73. The maximum Gasteiger partial charge on any atom is 0.316 e. The summed E-state index contributed by atoms with van der Waals surface area (Å²) in [5.74, 6) is -0.568. The molecule has 2 rings (SSSR count). The average Bonchev–Trinajstić information content (AvgIpc) is 2.77. The summed E-state index contributed by atoms with van der Waals surface area (Å²) >= 11 is 0. The minimum absolute atomic E-state index is 0.293. The molecule has 0 aliphatic carbocycles. The summed E-state index contributed by atoms with van der Waals surface area (Å²) in [6, 6.07) is 12.5. The Labute approximate surface area is 193 Å². The van der Waals surface area contributed by atoms with Crippen LogP contribution in [0.3, 0.4) is 0 Å². The highest BCUT2D eigenvalue weighted by atomic mass is 31.2. The zero-order valence-electron chi connectivity index (χ0n) is 20.1. The lowest BCUT2D eigenvalue weighted by Gasteiger charge is -2.24. The molecule has 0 bridgehead atoms. The summed E-state index contributed by atoms with van der Waals surface area (Å²) < 4.78 is 19.9. The molecule has 0 heterocycles. The second kappa shape index (κ2) is 12.2. The van der Waals surface area contributed by atoms with Crippen molar-refractivity contribution in [2.24, 2.45) is 0 Å². The van der Waals surface area contributed by atoms with Gasteiger partial charge < -0.3 is 9.30 Å². The fourth-order valence-corrected chi connectivity index (χ4v) is 6.88. The van der Waals surface area contributed by atoms with Crippen molar-refractivity contribution in [3.8, 4) is 0 Å². The maximum atomic E-state index is 14.4. The van der Waals surface area contributed by atoms with E-state index in [1.807, 2.05) is 39.0 Å². The quantitative estimate of drug-likeness (QED) is 0.202. The summed E-state index contributed by atoms with van der Waals surface area (Å²) in [6.45, 7) is 9.70. The minimum Gasteiger partial charge on any atom is -0.465 e. The van der Waals surface area contributed by atoms with Crippen LogP contribution >= 0.6 is 7.14 Å². The Bertz CT molecular complexity index is 942. The number of benzene rings is 2. The van der Waals surface area contributed by atoms with Gasteiger partial charge in [-0.15, -0.1) is 0 Å². The largest absolute Gasteiger partial charge is 0.465 e. The monoisotopic (exact) mass is 456 g/mol. The molecule has 0 spiro atoms. The lowest BCUT2D eigenvalue weighted by Crippen LogP contribution is -2.30. The van der Waals surface area contributed by atoms with E-state index >= 15 is 0 Å². The van der Waals surface area contributed by atoms with E-state index in [0.717, 1.165) is 36.0 Å². The van der Waals surface area contributed by atoms with Crippen molar-refractivity contribution < 1.29 is 18.9 Å². The van der Waals surface area contributed by atoms with E-state index in [1.165, 1.54) is 19.3 Å². The van der Waals surface area contributed by atoms with E-state index in [9.17, 15) is 14.2 Å². The Morgan fingerprint density at radius 1 is 0.906 bits per heavy atom. The molecule has 0 fully saturated rings. The van der Waals surface area contributed by atoms with Crippen LogP contribution in [0.15, 0.2) is 42.5 Å². The third kappa shape index (κ3) is 6.19. The summed E-state index contributed by atoms with van der Waals surface area (Å²) in [7, 11) is -3.78. The summed E-state index contributed by atoms with van der Waals surface area (Å²) in [6.07, 6.45) is 6.49. The normalized spacial score (nSPS) is 13.9. The molecule has 4 nitrogen and oxygen atoms in total. The molecule has 0 N–H and O–H groups in total. The van der Waals surface area contributed by atoms with Crippen molar-refractivity contribution in [2.45, 2.75) is 78.8 Å².